The van der Waals surface area contributed by atoms with Gasteiger partial charge in [0.1, 0.15) is 5.52 Å². The van der Waals surface area contributed by atoms with Gasteiger partial charge in [0.15, 0.2) is 5.58 Å². The summed E-state index contributed by atoms with van der Waals surface area (Å²) in [5.74, 6) is 0.716. The summed E-state index contributed by atoms with van der Waals surface area (Å²) in [7, 11) is 0. The van der Waals surface area contributed by atoms with Crippen LogP contribution in [0.4, 0.5) is 0 Å². The predicted molar refractivity (Wildman–Crippen MR) is 96.7 cm³/mol. The average Bonchev–Trinajstić information content (AvgIpc) is 2.99. The van der Waals surface area contributed by atoms with Gasteiger partial charge in [0.05, 0.1) is 0 Å². The SMILES string of the molecule is CCCCCc1ccc2oc(-c3ccc(CCC)cc3)nc2c1. The Morgan fingerprint density at radius 1 is 0.826 bits per heavy atom. The van der Waals surface area contributed by atoms with Gasteiger partial charge in [0.25, 0.3) is 0 Å². The second kappa shape index (κ2) is 7.45. The molecule has 2 nitrogen and oxygen atoms in total. The Kier molecular flexibility index (Phi) is 5.12. The summed E-state index contributed by atoms with van der Waals surface area (Å²) in [5, 5.41) is 0. The molecule has 2 heteroatoms. The van der Waals surface area contributed by atoms with Crippen molar-refractivity contribution in [1.29, 1.82) is 0 Å². The first-order valence-corrected chi connectivity index (χ1v) is 8.79. The molecule has 0 aliphatic carbocycles. The molecule has 0 spiro atoms. The van der Waals surface area contributed by atoms with Gasteiger partial charge in [-0.25, -0.2) is 4.98 Å². The minimum atomic E-state index is 0.716. The lowest BCUT2D eigenvalue weighted by Crippen LogP contribution is -1.85. The van der Waals surface area contributed by atoms with E-state index in [0.29, 0.717) is 5.89 Å². The van der Waals surface area contributed by atoms with Crippen LogP contribution in [0, 0.1) is 0 Å². The van der Waals surface area contributed by atoms with Crippen molar-refractivity contribution in [3.05, 3.63) is 53.6 Å². The molecule has 0 amide bonds. The molecule has 0 radical (unpaired) electrons. The van der Waals surface area contributed by atoms with Gasteiger partial charge >= 0.3 is 0 Å². The van der Waals surface area contributed by atoms with E-state index in [-0.39, 0.29) is 0 Å². The van der Waals surface area contributed by atoms with Crippen molar-refractivity contribution in [3.8, 4) is 11.5 Å². The minimum Gasteiger partial charge on any atom is -0.436 e. The van der Waals surface area contributed by atoms with Gasteiger partial charge in [-0.15, -0.1) is 0 Å². The fourth-order valence-corrected chi connectivity index (χ4v) is 2.93. The van der Waals surface area contributed by atoms with Crippen molar-refractivity contribution in [2.45, 2.75) is 52.4 Å². The highest BCUT2D eigenvalue weighted by Crippen LogP contribution is 2.26. The van der Waals surface area contributed by atoms with E-state index in [1.165, 1.54) is 36.8 Å². The van der Waals surface area contributed by atoms with Gasteiger partial charge in [-0.2, -0.15) is 0 Å². The standard InChI is InChI=1S/C21H25NO/c1-3-5-6-8-17-11-14-20-19(15-17)22-21(23-20)18-12-9-16(7-4-2)10-13-18/h9-15H,3-8H2,1-2H3. The second-order valence-corrected chi connectivity index (χ2v) is 6.23. The molecule has 2 aromatic carbocycles. The molecule has 0 bridgehead atoms. The Bertz CT molecular complexity index is 755. The Hall–Kier alpha value is -2.09. The highest BCUT2D eigenvalue weighted by atomic mass is 16.3. The van der Waals surface area contributed by atoms with Crippen LogP contribution in [0.2, 0.25) is 0 Å². The normalized spacial score (nSPS) is 11.2. The van der Waals surface area contributed by atoms with Crippen LogP contribution in [0.15, 0.2) is 46.9 Å². The van der Waals surface area contributed by atoms with E-state index in [9.17, 15) is 0 Å². The molecule has 0 unspecified atom stereocenters. The number of benzene rings is 2. The molecule has 120 valence electrons. The quantitative estimate of drug-likeness (QED) is 0.487. The predicted octanol–water partition coefficient (Wildman–Crippen LogP) is 6.18. The molecule has 1 aromatic heterocycles. The van der Waals surface area contributed by atoms with Crippen LogP contribution in [0.3, 0.4) is 0 Å². The van der Waals surface area contributed by atoms with Gasteiger partial charge in [-0.05, 0) is 54.7 Å². The van der Waals surface area contributed by atoms with Crippen molar-refractivity contribution in [2.75, 3.05) is 0 Å². The van der Waals surface area contributed by atoms with Crippen LogP contribution in [0.1, 0.15) is 50.7 Å². The van der Waals surface area contributed by atoms with Crippen molar-refractivity contribution in [3.63, 3.8) is 0 Å². The first-order valence-electron chi connectivity index (χ1n) is 8.79. The Morgan fingerprint density at radius 3 is 2.35 bits per heavy atom. The summed E-state index contributed by atoms with van der Waals surface area (Å²) in [5.41, 5.74) is 5.60. The minimum absolute atomic E-state index is 0.716. The van der Waals surface area contributed by atoms with Gasteiger partial charge in [-0.3, -0.25) is 0 Å². The summed E-state index contributed by atoms with van der Waals surface area (Å²) in [6, 6.07) is 14.9. The zero-order valence-electron chi connectivity index (χ0n) is 14.1. The third-order valence-corrected chi connectivity index (χ3v) is 4.26. The molecule has 23 heavy (non-hydrogen) atoms. The summed E-state index contributed by atoms with van der Waals surface area (Å²) < 4.78 is 5.92. The molecular formula is C21H25NO. The van der Waals surface area contributed by atoms with E-state index in [1.807, 2.05) is 0 Å². The highest BCUT2D eigenvalue weighted by Gasteiger charge is 2.09. The number of unbranched alkanes of at least 4 members (excludes halogenated alkanes) is 2. The highest BCUT2D eigenvalue weighted by molar-refractivity contribution is 5.77. The van der Waals surface area contributed by atoms with Gasteiger partial charge in [0, 0.05) is 5.56 Å². The maximum Gasteiger partial charge on any atom is 0.227 e. The molecular weight excluding hydrogens is 282 g/mol. The summed E-state index contributed by atoms with van der Waals surface area (Å²) in [6.07, 6.45) is 7.19. The zero-order valence-corrected chi connectivity index (χ0v) is 14.1. The molecule has 3 rings (SSSR count). The maximum absolute atomic E-state index is 5.92. The number of aromatic nitrogens is 1. The molecule has 0 saturated carbocycles. The Balaban J connectivity index is 1.81. The third kappa shape index (κ3) is 3.82. The van der Waals surface area contributed by atoms with Gasteiger partial charge in [0.2, 0.25) is 5.89 Å². The fraction of sp³-hybridized carbons (Fsp3) is 0.381. The number of fused-ring (bicyclic) bond motifs is 1. The van der Waals surface area contributed by atoms with Crippen molar-refractivity contribution < 1.29 is 4.42 Å². The van der Waals surface area contributed by atoms with E-state index in [1.54, 1.807) is 0 Å². The lowest BCUT2D eigenvalue weighted by molar-refractivity contribution is 0.619. The number of nitrogens with zero attached hydrogens (tertiary/aromatic N) is 1. The van der Waals surface area contributed by atoms with Crippen LogP contribution in [0.25, 0.3) is 22.6 Å². The molecule has 0 N–H and O–H groups in total. The molecule has 0 aliphatic rings. The molecule has 0 atom stereocenters. The lowest BCUT2D eigenvalue weighted by Gasteiger charge is -1.99. The van der Waals surface area contributed by atoms with Gasteiger partial charge in [-0.1, -0.05) is 51.3 Å². The molecule has 0 saturated heterocycles. The summed E-state index contributed by atoms with van der Waals surface area (Å²) in [4.78, 5) is 4.68. The maximum atomic E-state index is 5.92. The van der Waals surface area contributed by atoms with E-state index < -0.39 is 0 Å². The monoisotopic (exact) mass is 307 g/mol. The summed E-state index contributed by atoms with van der Waals surface area (Å²) >= 11 is 0. The number of aryl methyl sites for hydroxylation is 2. The molecule has 0 aliphatic heterocycles. The smallest absolute Gasteiger partial charge is 0.227 e. The van der Waals surface area contributed by atoms with Crippen LogP contribution in [0.5, 0.6) is 0 Å². The first-order chi connectivity index (χ1) is 11.3. The van der Waals surface area contributed by atoms with E-state index in [4.69, 9.17) is 4.42 Å². The van der Waals surface area contributed by atoms with Crippen LogP contribution < -0.4 is 0 Å². The van der Waals surface area contributed by atoms with E-state index in [0.717, 1.165) is 29.5 Å². The number of rotatable bonds is 7. The Morgan fingerprint density at radius 2 is 1.61 bits per heavy atom. The lowest BCUT2D eigenvalue weighted by atomic mass is 10.1. The van der Waals surface area contributed by atoms with Crippen molar-refractivity contribution in [1.82, 2.24) is 4.98 Å². The Labute approximate surface area is 138 Å². The fourth-order valence-electron chi connectivity index (χ4n) is 2.93. The van der Waals surface area contributed by atoms with Crippen molar-refractivity contribution in [2.24, 2.45) is 0 Å². The molecule has 3 aromatic rings. The average molecular weight is 307 g/mol. The van der Waals surface area contributed by atoms with Gasteiger partial charge < -0.3 is 4.42 Å². The van der Waals surface area contributed by atoms with Crippen LogP contribution in [-0.4, -0.2) is 4.98 Å². The number of oxazole rings is 1. The summed E-state index contributed by atoms with van der Waals surface area (Å²) in [6.45, 7) is 4.44. The van der Waals surface area contributed by atoms with E-state index in [2.05, 4.69) is 61.3 Å². The molecule has 0 fully saturated rings. The largest absolute Gasteiger partial charge is 0.436 e. The zero-order chi connectivity index (χ0) is 16.1. The van der Waals surface area contributed by atoms with Crippen LogP contribution >= 0.6 is 0 Å². The van der Waals surface area contributed by atoms with Crippen LogP contribution in [-0.2, 0) is 12.8 Å². The number of hydrogen-bond donors (Lipinski definition) is 0. The topological polar surface area (TPSA) is 26.0 Å². The van der Waals surface area contributed by atoms with Crippen molar-refractivity contribution >= 4 is 11.1 Å². The van der Waals surface area contributed by atoms with E-state index >= 15 is 0 Å². The third-order valence-electron chi connectivity index (χ3n) is 4.26. The molecule has 1 heterocycles. The first kappa shape index (κ1) is 15.8. The number of hydrogen-bond acceptors (Lipinski definition) is 2. The second-order valence-electron chi connectivity index (χ2n) is 6.23.